The maximum absolute atomic E-state index is 11.0. The summed E-state index contributed by atoms with van der Waals surface area (Å²) < 4.78 is 5.60. The molecule has 0 amide bonds. The van der Waals surface area contributed by atoms with Gasteiger partial charge in [0.25, 0.3) is 0 Å². The van der Waals surface area contributed by atoms with E-state index in [1.807, 2.05) is 30.3 Å². The molecule has 3 nitrogen and oxygen atoms in total. The third-order valence-electron chi connectivity index (χ3n) is 2.43. The van der Waals surface area contributed by atoms with E-state index in [4.69, 9.17) is 21.4 Å². The first kappa shape index (κ1) is 12.5. The Morgan fingerprint density at radius 3 is 2.44 bits per heavy atom. The van der Waals surface area contributed by atoms with Crippen molar-refractivity contribution < 1.29 is 14.6 Å². The Hall–Kier alpha value is -2.00. The van der Waals surface area contributed by atoms with Gasteiger partial charge in [-0.05, 0) is 35.9 Å². The van der Waals surface area contributed by atoms with Gasteiger partial charge >= 0.3 is 5.97 Å². The van der Waals surface area contributed by atoms with Gasteiger partial charge in [0.05, 0.1) is 5.56 Å². The first-order chi connectivity index (χ1) is 8.70. The van der Waals surface area contributed by atoms with E-state index < -0.39 is 5.97 Å². The molecule has 4 heteroatoms. The zero-order valence-electron chi connectivity index (χ0n) is 9.47. The number of aromatic carboxylic acids is 1. The maximum atomic E-state index is 11.0. The molecule has 0 aliphatic rings. The summed E-state index contributed by atoms with van der Waals surface area (Å²) in [5.41, 5.74) is 0.739. The second-order valence-electron chi connectivity index (χ2n) is 3.67. The number of ether oxygens (including phenoxy) is 1. The summed E-state index contributed by atoms with van der Waals surface area (Å²) in [5.74, 6) is 0.410. The Balaban J connectivity index is 2.28. The van der Waals surface area contributed by atoms with Crippen LogP contribution in [0.3, 0.4) is 0 Å². The first-order valence-electron chi connectivity index (χ1n) is 5.36. The number of para-hydroxylation sites is 1. The lowest BCUT2D eigenvalue weighted by Crippen LogP contribution is -2.01. The average Bonchev–Trinajstić information content (AvgIpc) is 2.39. The topological polar surface area (TPSA) is 46.5 Å². The number of carbonyl (C=O) groups is 1. The van der Waals surface area contributed by atoms with Crippen LogP contribution in [0.5, 0.6) is 11.5 Å². The van der Waals surface area contributed by atoms with Crippen molar-refractivity contribution >= 4 is 17.6 Å². The molecule has 2 aromatic carbocycles. The standard InChI is InChI=1S/C14H11ClO3/c15-9-10-8-12(6-7-13(10)14(16)17)18-11-4-2-1-3-5-11/h1-8H,9H2,(H,16,17). The Morgan fingerprint density at radius 1 is 1.11 bits per heavy atom. The summed E-state index contributed by atoms with van der Waals surface area (Å²) in [6.45, 7) is 0. The molecule has 0 heterocycles. The summed E-state index contributed by atoms with van der Waals surface area (Å²) >= 11 is 5.73. The van der Waals surface area contributed by atoms with E-state index in [9.17, 15) is 4.79 Å². The molecular formula is C14H11ClO3. The Kier molecular flexibility index (Phi) is 3.85. The van der Waals surface area contributed by atoms with Crippen molar-refractivity contribution in [2.45, 2.75) is 5.88 Å². The van der Waals surface area contributed by atoms with E-state index in [2.05, 4.69) is 0 Å². The third kappa shape index (κ3) is 2.81. The molecule has 0 unspecified atom stereocenters. The SMILES string of the molecule is O=C(O)c1ccc(Oc2ccccc2)cc1CCl. The molecule has 0 fully saturated rings. The summed E-state index contributed by atoms with van der Waals surface area (Å²) in [4.78, 5) is 11.0. The summed E-state index contributed by atoms with van der Waals surface area (Å²) in [5, 5.41) is 8.98. The van der Waals surface area contributed by atoms with E-state index in [-0.39, 0.29) is 11.4 Å². The highest BCUT2D eigenvalue weighted by atomic mass is 35.5. The van der Waals surface area contributed by atoms with Crippen LogP contribution >= 0.6 is 11.6 Å². The summed E-state index contributed by atoms with van der Waals surface area (Å²) in [6, 6.07) is 14.0. The van der Waals surface area contributed by atoms with Crippen LogP contribution in [0.2, 0.25) is 0 Å². The minimum absolute atomic E-state index is 0.133. The minimum Gasteiger partial charge on any atom is -0.478 e. The molecule has 0 aliphatic carbocycles. The minimum atomic E-state index is -0.989. The van der Waals surface area contributed by atoms with Crippen molar-refractivity contribution in [3.63, 3.8) is 0 Å². The van der Waals surface area contributed by atoms with Gasteiger partial charge in [0.2, 0.25) is 0 Å². The van der Waals surface area contributed by atoms with Gasteiger partial charge in [-0.15, -0.1) is 11.6 Å². The third-order valence-corrected chi connectivity index (χ3v) is 2.72. The maximum Gasteiger partial charge on any atom is 0.336 e. The molecular weight excluding hydrogens is 252 g/mol. The predicted octanol–water partition coefficient (Wildman–Crippen LogP) is 3.92. The van der Waals surface area contributed by atoms with Crippen molar-refractivity contribution in [3.8, 4) is 11.5 Å². The van der Waals surface area contributed by atoms with Gasteiger partial charge in [-0.25, -0.2) is 4.79 Å². The molecule has 0 aromatic heterocycles. The lowest BCUT2D eigenvalue weighted by Gasteiger charge is -2.08. The molecule has 0 radical (unpaired) electrons. The van der Waals surface area contributed by atoms with Gasteiger partial charge in [-0.3, -0.25) is 0 Å². The van der Waals surface area contributed by atoms with Crippen LogP contribution in [0.1, 0.15) is 15.9 Å². The Bertz CT molecular complexity index is 552. The van der Waals surface area contributed by atoms with E-state index in [0.29, 0.717) is 17.1 Å². The Labute approximate surface area is 110 Å². The van der Waals surface area contributed by atoms with Crippen molar-refractivity contribution in [1.82, 2.24) is 0 Å². The lowest BCUT2D eigenvalue weighted by molar-refractivity contribution is 0.0696. The van der Waals surface area contributed by atoms with E-state index in [1.165, 1.54) is 6.07 Å². The number of carboxylic acid groups (broad SMARTS) is 1. The molecule has 2 aromatic rings. The molecule has 0 saturated carbocycles. The molecule has 0 atom stereocenters. The van der Waals surface area contributed by atoms with E-state index in [0.717, 1.165) is 0 Å². The van der Waals surface area contributed by atoms with E-state index in [1.54, 1.807) is 12.1 Å². The van der Waals surface area contributed by atoms with E-state index >= 15 is 0 Å². The monoisotopic (exact) mass is 262 g/mol. The number of carboxylic acids is 1. The first-order valence-corrected chi connectivity index (χ1v) is 5.89. The molecule has 92 valence electrons. The smallest absolute Gasteiger partial charge is 0.336 e. The Morgan fingerprint density at radius 2 is 1.83 bits per heavy atom. The van der Waals surface area contributed by atoms with Crippen LogP contribution in [0.4, 0.5) is 0 Å². The fourth-order valence-electron chi connectivity index (χ4n) is 1.58. The molecule has 0 spiro atoms. The fraction of sp³-hybridized carbons (Fsp3) is 0.0714. The van der Waals surface area contributed by atoms with Crippen LogP contribution in [0.25, 0.3) is 0 Å². The highest BCUT2D eigenvalue weighted by Gasteiger charge is 2.10. The highest BCUT2D eigenvalue weighted by molar-refractivity contribution is 6.17. The second kappa shape index (κ2) is 5.56. The van der Waals surface area contributed by atoms with Crippen molar-refractivity contribution in [1.29, 1.82) is 0 Å². The fourth-order valence-corrected chi connectivity index (χ4v) is 1.80. The molecule has 2 rings (SSSR count). The van der Waals surface area contributed by atoms with Gasteiger partial charge < -0.3 is 9.84 Å². The number of alkyl halides is 1. The van der Waals surface area contributed by atoms with Crippen molar-refractivity contribution in [2.24, 2.45) is 0 Å². The number of benzene rings is 2. The van der Waals surface area contributed by atoms with Gasteiger partial charge in [-0.1, -0.05) is 18.2 Å². The van der Waals surface area contributed by atoms with Crippen LogP contribution in [-0.2, 0) is 5.88 Å². The van der Waals surface area contributed by atoms with Crippen LogP contribution < -0.4 is 4.74 Å². The molecule has 0 aliphatic heterocycles. The zero-order chi connectivity index (χ0) is 13.0. The summed E-state index contributed by atoms with van der Waals surface area (Å²) in [6.07, 6.45) is 0. The molecule has 0 bridgehead atoms. The van der Waals surface area contributed by atoms with Gasteiger partial charge in [0.15, 0.2) is 0 Å². The zero-order valence-corrected chi connectivity index (χ0v) is 10.2. The quantitative estimate of drug-likeness (QED) is 0.850. The number of hydrogen-bond donors (Lipinski definition) is 1. The van der Waals surface area contributed by atoms with Crippen LogP contribution in [-0.4, -0.2) is 11.1 Å². The second-order valence-corrected chi connectivity index (χ2v) is 3.94. The number of rotatable bonds is 4. The molecule has 18 heavy (non-hydrogen) atoms. The van der Waals surface area contributed by atoms with Gasteiger partial charge in [0.1, 0.15) is 11.5 Å². The number of hydrogen-bond acceptors (Lipinski definition) is 2. The summed E-state index contributed by atoms with van der Waals surface area (Å²) in [7, 11) is 0. The van der Waals surface area contributed by atoms with Crippen molar-refractivity contribution in [3.05, 3.63) is 59.7 Å². The number of halogens is 1. The largest absolute Gasteiger partial charge is 0.478 e. The van der Waals surface area contributed by atoms with Gasteiger partial charge in [0, 0.05) is 5.88 Å². The predicted molar refractivity (Wildman–Crippen MR) is 69.5 cm³/mol. The average molecular weight is 263 g/mol. The highest BCUT2D eigenvalue weighted by Crippen LogP contribution is 2.24. The molecule has 0 saturated heterocycles. The lowest BCUT2D eigenvalue weighted by atomic mass is 10.1. The van der Waals surface area contributed by atoms with Gasteiger partial charge in [-0.2, -0.15) is 0 Å². The van der Waals surface area contributed by atoms with Crippen LogP contribution in [0.15, 0.2) is 48.5 Å². The molecule has 1 N–H and O–H groups in total. The van der Waals surface area contributed by atoms with Crippen LogP contribution in [0, 0.1) is 0 Å². The normalized spacial score (nSPS) is 10.1. The van der Waals surface area contributed by atoms with Crippen molar-refractivity contribution in [2.75, 3.05) is 0 Å².